The molecule has 0 radical (unpaired) electrons. The minimum absolute atomic E-state index is 0.0535. The predicted octanol–water partition coefficient (Wildman–Crippen LogP) is 2.05. The monoisotopic (exact) mass is 233 g/mol. The van der Waals surface area contributed by atoms with Crippen LogP contribution in [0.5, 0.6) is 0 Å². The summed E-state index contributed by atoms with van der Waals surface area (Å²) in [5, 5.41) is 2.86. The smallest absolute Gasteiger partial charge is 0.340 e. The van der Waals surface area contributed by atoms with Crippen LogP contribution >= 0.6 is 0 Å². The lowest BCUT2D eigenvalue weighted by Gasteiger charge is -2.06. The summed E-state index contributed by atoms with van der Waals surface area (Å²) in [6.45, 7) is 6.80. The molecule has 0 atom stereocenters. The van der Waals surface area contributed by atoms with Crippen LogP contribution in [0.2, 0.25) is 0 Å². The molecule has 0 heterocycles. The Morgan fingerprint density at radius 2 is 1.88 bits per heavy atom. The van der Waals surface area contributed by atoms with Crippen LogP contribution in [0.25, 0.3) is 0 Å². The molecule has 0 aliphatic carbocycles. The molecule has 17 heavy (non-hydrogen) atoms. The van der Waals surface area contributed by atoms with E-state index in [-0.39, 0.29) is 12.1 Å². The molecule has 4 heteroatoms. The van der Waals surface area contributed by atoms with E-state index in [1.54, 1.807) is 0 Å². The molecule has 0 saturated heterocycles. The molecular weight excluding hydrogens is 218 g/mol. The summed E-state index contributed by atoms with van der Waals surface area (Å²) >= 11 is 0. The van der Waals surface area contributed by atoms with Crippen molar-refractivity contribution in [1.82, 2.24) is 0 Å². The molecule has 0 spiro atoms. The quantitative estimate of drug-likeness (QED) is 0.491. The molecule has 1 aromatic carbocycles. The summed E-state index contributed by atoms with van der Waals surface area (Å²) in [6, 6.07) is 7.55. The lowest BCUT2D eigenvalue weighted by molar-refractivity contribution is -0.155. The molecule has 0 aliphatic rings. The molecule has 0 amide bonds. The minimum atomic E-state index is -0.694. The number of anilines is 1. The number of ether oxygens (including phenoxy) is 1. The zero-order valence-corrected chi connectivity index (χ0v) is 9.95. The zero-order chi connectivity index (χ0) is 12.8. The molecule has 0 fully saturated rings. The fraction of sp³-hybridized carbons (Fsp3) is 0.231. The van der Waals surface area contributed by atoms with Gasteiger partial charge < -0.3 is 10.1 Å². The predicted molar refractivity (Wildman–Crippen MR) is 65.6 cm³/mol. The molecule has 0 bridgehead atoms. The van der Waals surface area contributed by atoms with Gasteiger partial charge in [-0.25, -0.2) is 9.59 Å². The zero-order valence-electron chi connectivity index (χ0n) is 9.95. The van der Waals surface area contributed by atoms with Crippen LogP contribution < -0.4 is 5.32 Å². The highest BCUT2D eigenvalue weighted by atomic mass is 16.6. The van der Waals surface area contributed by atoms with E-state index in [0.29, 0.717) is 0 Å². The van der Waals surface area contributed by atoms with E-state index in [2.05, 4.69) is 16.6 Å². The average Bonchev–Trinajstić information content (AvgIpc) is 2.28. The van der Waals surface area contributed by atoms with Crippen molar-refractivity contribution in [2.45, 2.75) is 13.8 Å². The third-order valence-corrected chi connectivity index (χ3v) is 2.04. The van der Waals surface area contributed by atoms with E-state index in [9.17, 15) is 9.59 Å². The number of hydrogen-bond acceptors (Lipinski definition) is 4. The summed E-state index contributed by atoms with van der Waals surface area (Å²) in [5.74, 6) is -1.32. The van der Waals surface area contributed by atoms with E-state index in [4.69, 9.17) is 0 Å². The van der Waals surface area contributed by atoms with Crippen molar-refractivity contribution in [3.8, 4) is 0 Å². The summed E-state index contributed by atoms with van der Waals surface area (Å²) in [6.07, 6.45) is 0. The standard InChI is InChI=1S/C13H15NO3/c1-9(2)13(16)17-12(15)8-14-11-6-4-10(3)5-7-11/h4-7,14H,1,8H2,2-3H3. The van der Waals surface area contributed by atoms with Crippen LogP contribution in [-0.2, 0) is 14.3 Å². The van der Waals surface area contributed by atoms with Crippen molar-refractivity contribution in [1.29, 1.82) is 0 Å². The van der Waals surface area contributed by atoms with E-state index in [1.165, 1.54) is 6.92 Å². The maximum Gasteiger partial charge on any atom is 0.340 e. The average molecular weight is 233 g/mol. The van der Waals surface area contributed by atoms with Gasteiger partial charge in [-0.2, -0.15) is 0 Å². The molecule has 1 rings (SSSR count). The highest BCUT2D eigenvalue weighted by Gasteiger charge is 2.10. The number of aryl methyl sites for hydroxylation is 1. The Morgan fingerprint density at radius 1 is 1.29 bits per heavy atom. The number of carbonyl (C=O) groups excluding carboxylic acids is 2. The van der Waals surface area contributed by atoms with Crippen molar-refractivity contribution < 1.29 is 14.3 Å². The Hall–Kier alpha value is -2.10. The lowest BCUT2D eigenvalue weighted by atomic mass is 10.2. The van der Waals surface area contributed by atoms with Crippen LogP contribution in [0.4, 0.5) is 5.69 Å². The Balaban J connectivity index is 2.41. The van der Waals surface area contributed by atoms with Gasteiger partial charge in [-0.1, -0.05) is 24.3 Å². The van der Waals surface area contributed by atoms with Crippen LogP contribution in [0.3, 0.4) is 0 Å². The molecule has 0 unspecified atom stereocenters. The van der Waals surface area contributed by atoms with Gasteiger partial charge in [-0.3, -0.25) is 0 Å². The van der Waals surface area contributed by atoms with E-state index in [0.717, 1.165) is 11.3 Å². The first-order valence-electron chi connectivity index (χ1n) is 5.20. The third kappa shape index (κ3) is 4.51. The van der Waals surface area contributed by atoms with Gasteiger partial charge in [0.25, 0.3) is 0 Å². The van der Waals surface area contributed by atoms with Crippen LogP contribution in [-0.4, -0.2) is 18.5 Å². The molecule has 0 aliphatic heterocycles. The topological polar surface area (TPSA) is 55.4 Å². The van der Waals surface area contributed by atoms with Gasteiger partial charge in [-0.05, 0) is 26.0 Å². The lowest BCUT2D eigenvalue weighted by Crippen LogP contribution is -2.20. The van der Waals surface area contributed by atoms with Crippen molar-refractivity contribution in [3.05, 3.63) is 42.0 Å². The largest absolute Gasteiger partial charge is 0.388 e. The van der Waals surface area contributed by atoms with Gasteiger partial charge in [0.2, 0.25) is 0 Å². The van der Waals surface area contributed by atoms with Gasteiger partial charge >= 0.3 is 11.9 Å². The fourth-order valence-electron chi connectivity index (χ4n) is 1.07. The normalized spacial score (nSPS) is 9.53. The molecule has 1 aromatic rings. The maximum atomic E-state index is 11.3. The molecule has 90 valence electrons. The van der Waals surface area contributed by atoms with Gasteiger partial charge in [0, 0.05) is 11.3 Å². The van der Waals surface area contributed by atoms with E-state index < -0.39 is 11.9 Å². The van der Waals surface area contributed by atoms with E-state index in [1.807, 2.05) is 31.2 Å². The molecule has 1 N–H and O–H groups in total. The van der Waals surface area contributed by atoms with Crippen molar-refractivity contribution >= 4 is 17.6 Å². The first-order chi connectivity index (χ1) is 7.99. The number of rotatable bonds is 4. The number of nitrogens with one attached hydrogen (secondary N) is 1. The fourth-order valence-corrected chi connectivity index (χ4v) is 1.07. The van der Waals surface area contributed by atoms with Crippen LogP contribution in [0, 0.1) is 6.92 Å². The first-order valence-corrected chi connectivity index (χ1v) is 5.20. The van der Waals surface area contributed by atoms with Crippen molar-refractivity contribution in [2.24, 2.45) is 0 Å². The highest BCUT2D eigenvalue weighted by molar-refractivity contribution is 5.96. The molecule has 4 nitrogen and oxygen atoms in total. The second-order valence-electron chi connectivity index (χ2n) is 3.76. The molecular formula is C13H15NO3. The van der Waals surface area contributed by atoms with Gasteiger partial charge in [0.1, 0.15) is 6.54 Å². The highest BCUT2D eigenvalue weighted by Crippen LogP contribution is 2.08. The van der Waals surface area contributed by atoms with Crippen molar-refractivity contribution in [3.63, 3.8) is 0 Å². The van der Waals surface area contributed by atoms with Crippen LogP contribution in [0.15, 0.2) is 36.4 Å². The maximum absolute atomic E-state index is 11.3. The number of carbonyl (C=O) groups is 2. The Morgan fingerprint density at radius 3 is 2.41 bits per heavy atom. The first kappa shape index (κ1) is 13.0. The second-order valence-corrected chi connectivity index (χ2v) is 3.76. The summed E-state index contributed by atoms with van der Waals surface area (Å²) in [5.41, 5.74) is 2.14. The number of hydrogen-bond donors (Lipinski definition) is 1. The van der Waals surface area contributed by atoms with Gasteiger partial charge in [0.05, 0.1) is 0 Å². The van der Waals surface area contributed by atoms with E-state index >= 15 is 0 Å². The number of benzene rings is 1. The second kappa shape index (κ2) is 5.84. The summed E-state index contributed by atoms with van der Waals surface area (Å²) in [7, 11) is 0. The molecule has 0 saturated carbocycles. The summed E-state index contributed by atoms with van der Waals surface area (Å²) in [4.78, 5) is 22.3. The SMILES string of the molecule is C=C(C)C(=O)OC(=O)CNc1ccc(C)cc1. The minimum Gasteiger partial charge on any atom is -0.388 e. The van der Waals surface area contributed by atoms with Crippen molar-refractivity contribution in [2.75, 3.05) is 11.9 Å². The Kier molecular flexibility index (Phi) is 4.46. The number of esters is 2. The van der Waals surface area contributed by atoms with Gasteiger partial charge in [-0.15, -0.1) is 0 Å². The Bertz CT molecular complexity index is 434. The van der Waals surface area contributed by atoms with Gasteiger partial charge in [0.15, 0.2) is 0 Å². The Labute approximate surface area is 100 Å². The third-order valence-electron chi connectivity index (χ3n) is 2.04. The van der Waals surface area contributed by atoms with Crippen LogP contribution in [0.1, 0.15) is 12.5 Å². The molecule has 0 aromatic heterocycles. The summed E-state index contributed by atoms with van der Waals surface area (Å²) < 4.78 is 4.52.